The molecule has 1 fully saturated rings. The van der Waals surface area contributed by atoms with Crippen LogP contribution < -0.4 is 4.90 Å². The topological polar surface area (TPSA) is 20.3 Å². The minimum atomic E-state index is -1.02. The van der Waals surface area contributed by atoms with E-state index in [1.807, 2.05) is 6.07 Å². The van der Waals surface area contributed by atoms with Gasteiger partial charge in [-0.2, -0.15) is 0 Å². The third-order valence-corrected chi connectivity index (χ3v) is 5.24. The van der Waals surface area contributed by atoms with Crippen LogP contribution in [-0.4, -0.2) is 16.8 Å². The van der Waals surface area contributed by atoms with Gasteiger partial charge in [0.15, 0.2) is 0 Å². The molecule has 1 atom stereocenters. The first-order chi connectivity index (χ1) is 8.87. The monoisotopic (exact) mass is 301 g/mol. The van der Waals surface area contributed by atoms with E-state index in [1.54, 1.807) is 13.0 Å². The second-order valence-electron chi connectivity index (χ2n) is 5.52. The van der Waals surface area contributed by atoms with Gasteiger partial charge in [0.2, 0.25) is 5.91 Å². The number of alkyl halides is 2. The highest BCUT2D eigenvalue weighted by molar-refractivity contribution is 6.53. The van der Waals surface area contributed by atoms with Gasteiger partial charge in [-0.05, 0) is 37.8 Å². The number of carbonyl (C=O) groups is 1. The van der Waals surface area contributed by atoms with Crippen molar-refractivity contribution < 1.29 is 9.18 Å². The Morgan fingerprint density at radius 3 is 2.74 bits per heavy atom. The zero-order valence-corrected chi connectivity index (χ0v) is 12.1. The maximum Gasteiger partial charge on any atom is 0.236 e. The quantitative estimate of drug-likeness (QED) is 0.725. The summed E-state index contributed by atoms with van der Waals surface area (Å²) in [5.74, 6) is -0.534. The highest BCUT2D eigenvalue weighted by Gasteiger charge is 2.69. The van der Waals surface area contributed by atoms with Crippen LogP contribution in [0.15, 0.2) is 18.2 Å². The molecular formula is C14H14Cl2FNO. The van der Waals surface area contributed by atoms with Crippen molar-refractivity contribution in [2.45, 2.75) is 30.5 Å². The van der Waals surface area contributed by atoms with E-state index >= 15 is 0 Å². The molecule has 0 aromatic heterocycles. The zero-order chi connectivity index (χ0) is 13.8. The normalized spacial score (nSPS) is 27.9. The molecule has 1 aromatic rings. The molecule has 0 bridgehead atoms. The van der Waals surface area contributed by atoms with Gasteiger partial charge in [0.05, 0.1) is 11.1 Å². The van der Waals surface area contributed by atoms with E-state index in [9.17, 15) is 9.18 Å². The molecule has 102 valence electrons. The summed E-state index contributed by atoms with van der Waals surface area (Å²) in [5.41, 5.74) is 0.474. The molecule has 0 spiro atoms. The van der Waals surface area contributed by atoms with E-state index in [0.717, 1.165) is 18.4 Å². The lowest BCUT2D eigenvalue weighted by molar-refractivity contribution is -0.123. The number of halogens is 3. The fourth-order valence-electron chi connectivity index (χ4n) is 2.74. The van der Waals surface area contributed by atoms with Crippen LogP contribution in [0.4, 0.5) is 10.1 Å². The van der Waals surface area contributed by atoms with Gasteiger partial charge in [0.1, 0.15) is 10.2 Å². The lowest BCUT2D eigenvalue weighted by Crippen LogP contribution is -2.42. The van der Waals surface area contributed by atoms with Crippen molar-refractivity contribution in [3.8, 4) is 0 Å². The molecule has 1 saturated carbocycles. The molecule has 5 heteroatoms. The van der Waals surface area contributed by atoms with Gasteiger partial charge in [-0.1, -0.05) is 12.1 Å². The van der Waals surface area contributed by atoms with Gasteiger partial charge in [-0.25, -0.2) is 4.39 Å². The number of aryl methyl sites for hydroxylation is 1. The first-order valence-corrected chi connectivity index (χ1v) is 7.10. The van der Waals surface area contributed by atoms with Crippen molar-refractivity contribution >= 4 is 34.8 Å². The standard InChI is InChI=1S/C14H14Cl2FNO/c1-13(8-14(13,15)16)12(19)18-7-3-5-9-4-2-6-10(17)11(9)18/h2,4,6H,3,5,7-8H2,1H3. The van der Waals surface area contributed by atoms with E-state index in [1.165, 1.54) is 11.0 Å². The van der Waals surface area contributed by atoms with E-state index < -0.39 is 9.75 Å². The Bertz CT molecular complexity index is 560. The summed E-state index contributed by atoms with van der Waals surface area (Å²) in [4.78, 5) is 14.1. The fourth-order valence-corrected chi connectivity index (χ4v) is 3.43. The van der Waals surface area contributed by atoms with Crippen LogP contribution in [0.2, 0.25) is 0 Å². The predicted molar refractivity (Wildman–Crippen MR) is 74.2 cm³/mol. The van der Waals surface area contributed by atoms with E-state index in [4.69, 9.17) is 23.2 Å². The Morgan fingerprint density at radius 1 is 1.42 bits per heavy atom. The number of carbonyl (C=O) groups excluding carboxylic acids is 1. The first-order valence-electron chi connectivity index (χ1n) is 6.34. The van der Waals surface area contributed by atoms with Gasteiger partial charge >= 0.3 is 0 Å². The predicted octanol–water partition coefficient (Wildman–Crippen LogP) is 3.69. The summed E-state index contributed by atoms with van der Waals surface area (Å²) in [5, 5.41) is 0. The lowest BCUT2D eigenvalue weighted by atomic mass is 9.98. The average molecular weight is 302 g/mol. The van der Waals surface area contributed by atoms with Crippen molar-refractivity contribution in [2.24, 2.45) is 5.41 Å². The van der Waals surface area contributed by atoms with Gasteiger partial charge in [0.25, 0.3) is 0 Å². The van der Waals surface area contributed by atoms with Crippen LogP contribution in [0.5, 0.6) is 0 Å². The molecule has 19 heavy (non-hydrogen) atoms. The number of fused-ring (bicyclic) bond motifs is 1. The van der Waals surface area contributed by atoms with Gasteiger partial charge < -0.3 is 4.90 Å². The summed E-state index contributed by atoms with van der Waals surface area (Å²) < 4.78 is 13.0. The molecule has 1 unspecified atom stereocenters. The molecule has 0 saturated heterocycles. The molecule has 2 aliphatic rings. The molecular weight excluding hydrogens is 288 g/mol. The van der Waals surface area contributed by atoms with Crippen LogP contribution in [-0.2, 0) is 11.2 Å². The van der Waals surface area contributed by atoms with Crippen LogP contribution in [0.1, 0.15) is 25.3 Å². The summed E-state index contributed by atoms with van der Waals surface area (Å²) in [6.45, 7) is 2.26. The summed E-state index contributed by atoms with van der Waals surface area (Å²) in [7, 11) is 0. The minimum absolute atomic E-state index is 0.177. The molecule has 0 N–H and O–H groups in total. The maximum absolute atomic E-state index is 14.0. The number of rotatable bonds is 1. The second-order valence-corrected chi connectivity index (χ2v) is 7.01. The number of hydrogen-bond acceptors (Lipinski definition) is 1. The average Bonchev–Trinajstić information content (AvgIpc) is 2.88. The van der Waals surface area contributed by atoms with Crippen molar-refractivity contribution in [3.63, 3.8) is 0 Å². The molecule has 1 aliphatic carbocycles. The Balaban J connectivity index is 1.99. The number of anilines is 1. The number of amides is 1. The number of nitrogens with zero attached hydrogens (tertiary/aromatic N) is 1. The smallest absolute Gasteiger partial charge is 0.236 e. The van der Waals surface area contributed by atoms with E-state index in [2.05, 4.69) is 0 Å². The molecule has 1 aliphatic heterocycles. The lowest BCUT2D eigenvalue weighted by Gasteiger charge is -2.32. The Labute approximate surface area is 121 Å². The van der Waals surface area contributed by atoms with Crippen LogP contribution >= 0.6 is 23.2 Å². The molecule has 3 rings (SSSR count). The van der Waals surface area contributed by atoms with E-state index in [-0.39, 0.29) is 11.7 Å². The highest BCUT2D eigenvalue weighted by atomic mass is 35.5. The highest BCUT2D eigenvalue weighted by Crippen LogP contribution is 2.64. The van der Waals surface area contributed by atoms with E-state index in [0.29, 0.717) is 18.7 Å². The number of hydrogen-bond donors (Lipinski definition) is 0. The Morgan fingerprint density at radius 2 is 2.11 bits per heavy atom. The SMILES string of the molecule is CC1(C(=O)N2CCCc3cccc(F)c32)CC1(Cl)Cl. The third-order valence-electron chi connectivity index (χ3n) is 4.14. The van der Waals surface area contributed by atoms with Crippen molar-refractivity contribution in [1.82, 2.24) is 0 Å². The summed E-state index contributed by atoms with van der Waals surface area (Å²) >= 11 is 12.1. The third kappa shape index (κ3) is 1.86. The van der Waals surface area contributed by atoms with Crippen LogP contribution in [0.25, 0.3) is 0 Å². The number of benzene rings is 1. The van der Waals surface area contributed by atoms with Crippen LogP contribution in [0, 0.1) is 11.2 Å². The Hall–Kier alpha value is -0.800. The first kappa shape index (κ1) is 13.2. The molecule has 1 heterocycles. The van der Waals surface area contributed by atoms with Crippen molar-refractivity contribution in [2.75, 3.05) is 11.4 Å². The minimum Gasteiger partial charge on any atom is -0.309 e. The molecule has 1 amide bonds. The number of para-hydroxylation sites is 1. The second kappa shape index (κ2) is 4.10. The van der Waals surface area contributed by atoms with Gasteiger partial charge in [-0.3, -0.25) is 4.79 Å². The van der Waals surface area contributed by atoms with Crippen molar-refractivity contribution in [1.29, 1.82) is 0 Å². The zero-order valence-electron chi connectivity index (χ0n) is 10.5. The Kier molecular flexibility index (Phi) is 2.84. The summed E-state index contributed by atoms with van der Waals surface area (Å²) in [6, 6.07) is 4.92. The fraction of sp³-hybridized carbons (Fsp3) is 0.500. The summed E-state index contributed by atoms with van der Waals surface area (Å²) in [6.07, 6.45) is 2.04. The van der Waals surface area contributed by atoms with Gasteiger partial charge in [-0.15, -0.1) is 23.2 Å². The van der Waals surface area contributed by atoms with Crippen molar-refractivity contribution in [3.05, 3.63) is 29.6 Å². The molecule has 1 aromatic carbocycles. The molecule has 2 nitrogen and oxygen atoms in total. The maximum atomic E-state index is 14.0. The van der Waals surface area contributed by atoms with Gasteiger partial charge in [0, 0.05) is 6.54 Å². The van der Waals surface area contributed by atoms with Crippen LogP contribution in [0.3, 0.4) is 0 Å². The molecule has 0 radical (unpaired) electrons. The largest absolute Gasteiger partial charge is 0.309 e.